The van der Waals surface area contributed by atoms with Crippen LogP contribution in [0.25, 0.3) is 0 Å². The summed E-state index contributed by atoms with van der Waals surface area (Å²) < 4.78 is 25.9. The van der Waals surface area contributed by atoms with Crippen LogP contribution in [0.5, 0.6) is 0 Å². The smallest absolute Gasteiger partial charge is 0.333 e. The summed E-state index contributed by atoms with van der Waals surface area (Å²) in [5.74, 6) is -1.66. The molecule has 6 nitrogen and oxygen atoms in total. The number of hydrogen-bond donors (Lipinski definition) is 2. The summed E-state index contributed by atoms with van der Waals surface area (Å²) in [6.45, 7) is 1.84. The number of alkyl halides is 2. The van der Waals surface area contributed by atoms with Crippen LogP contribution in [-0.4, -0.2) is 32.8 Å². The van der Waals surface area contributed by atoms with Crippen LogP contribution in [-0.2, 0) is 16.0 Å². The number of aliphatic carboxylic acids is 1. The molecule has 112 valence electrons. The molecule has 1 unspecified atom stereocenters. The molecule has 1 aromatic heterocycles. The van der Waals surface area contributed by atoms with Gasteiger partial charge in [-0.1, -0.05) is 6.92 Å². The van der Waals surface area contributed by atoms with Crippen molar-refractivity contribution in [2.45, 2.75) is 46.2 Å². The Morgan fingerprint density at radius 2 is 2.00 bits per heavy atom. The Bertz CT molecular complexity index is 514. The first-order valence-electron chi connectivity index (χ1n) is 6.12. The molecule has 8 heteroatoms. The molecule has 0 fully saturated rings. The van der Waals surface area contributed by atoms with E-state index in [1.807, 2.05) is 0 Å². The number of carboxylic acid groups (broad SMARTS) is 1. The van der Waals surface area contributed by atoms with Crippen molar-refractivity contribution in [3.05, 3.63) is 17.0 Å². The fraction of sp³-hybridized carbons (Fsp3) is 0.583. The van der Waals surface area contributed by atoms with Crippen molar-refractivity contribution in [1.29, 1.82) is 0 Å². The zero-order valence-electron chi connectivity index (χ0n) is 11.5. The highest BCUT2D eigenvalue weighted by Crippen LogP contribution is 2.19. The van der Waals surface area contributed by atoms with Crippen LogP contribution in [0.3, 0.4) is 0 Å². The Hall–Kier alpha value is -1.99. The minimum Gasteiger partial charge on any atom is -0.480 e. The van der Waals surface area contributed by atoms with Crippen molar-refractivity contribution in [2.24, 2.45) is 0 Å². The molecular weight excluding hydrogens is 272 g/mol. The largest absolute Gasteiger partial charge is 0.480 e. The Kier molecular flexibility index (Phi) is 5.18. The average molecular weight is 289 g/mol. The molecule has 0 aromatic carbocycles. The number of amides is 1. The van der Waals surface area contributed by atoms with Gasteiger partial charge >= 0.3 is 12.5 Å². The fourth-order valence-electron chi connectivity index (χ4n) is 1.89. The molecule has 0 saturated heterocycles. The van der Waals surface area contributed by atoms with E-state index < -0.39 is 24.5 Å². The minimum atomic E-state index is -2.77. The predicted molar refractivity (Wildman–Crippen MR) is 66.5 cm³/mol. The highest BCUT2D eigenvalue weighted by atomic mass is 19.3. The van der Waals surface area contributed by atoms with Gasteiger partial charge in [0.2, 0.25) is 5.91 Å². The third kappa shape index (κ3) is 3.52. The van der Waals surface area contributed by atoms with Crippen LogP contribution in [0.15, 0.2) is 0 Å². The SMILES string of the molecule is CCC(NC(=O)Cc1c(C)nn(C(F)F)c1C)C(=O)O. The van der Waals surface area contributed by atoms with Gasteiger partial charge in [0.15, 0.2) is 0 Å². The number of aryl methyl sites for hydroxylation is 1. The van der Waals surface area contributed by atoms with Gasteiger partial charge in [-0.05, 0) is 20.3 Å². The molecule has 0 aliphatic rings. The second kappa shape index (κ2) is 6.44. The lowest BCUT2D eigenvalue weighted by Crippen LogP contribution is -2.41. The van der Waals surface area contributed by atoms with Crippen LogP contribution >= 0.6 is 0 Å². The van der Waals surface area contributed by atoms with Gasteiger partial charge in [-0.25, -0.2) is 9.48 Å². The molecule has 0 aliphatic heterocycles. The first-order chi connectivity index (χ1) is 9.27. The summed E-state index contributed by atoms with van der Waals surface area (Å²) in [5.41, 5.74) is 0.931. The van der Waals surface area contributed by atoms with Crippen LogP contribution in [0.4, 0.5) is 8.78 Å². The number of rotatable bonds is 6. The molecule has 0 spiro atoms. The predicted octanol–water partition coefficient (Wildman–Crippen LogP) is 1.42. The van der Waals surface area contributed by atoms with E-state index in [0.29, 0.717) is 15.9 Å². The summed E-state index contributed by atoms with van der Waals surface area (Å²) in [6, 6.07) is -0.978. The van der Waals surface area contributed by atoms with E-state index in [1.54, 1.807) is 6.92 Å². The molecule has 0 aliphatic carbocycles. The first kappa shape index (κ1) is 16.1. The molecule has 1 aromatic rings. The van der Waals surface area contributed by atoms with Gasteiger partial charge in [0.25, 0.3) is 0 Å². The summed E-state index contributed by atoms with van der Waals surface area (Å²) in [4.78, 5) is 22.6. The van der Waals surface area contributed by atoms with Gasteiger partial charge in [0.05, 0.1) is 12.1 Å². The van der Waals surface area contributed by atoms with Crippen molar-refractivity contribution in [3.63, 3.8) is 0 Å². The summed E-state index contributed by atoms with van der Waals surface area (Å²) in [5, 5.41) is 14.9. The quantitative estimate of drug-likeness (QED) is 0.829. The zero-order chi connectivity index (χ0) is 15.4. The normalized spacial score (nSPS) is 12.5. The zero-order valence-corrected chi connectivity index (χ0v) is 11.5. The molecule has 1 rings (SSSR count). The molecular formula is C12H17F2N3O3. The highest BCUT2D eigenvalue weighted by molar-refractivity contribution is 5.85. The molecule has 1 atom stereocenters. The molecule has 0 radical (unpaired) electrons. The fourth-order valence-corrected chi connectivity index (χ4v) is 1.89. The minimum absolute atomic E-state index is 0.172. The highest BCUT2D eigenvalue weighted by Gasteiger charge is 2.22. The summed E-state index contributed by atoms with van der Waals surface area (Å²) >= 11 is 0. The molecule has 20 heavy (non-hydrogen) atoms. The second-order valence-corrected chi connectivity index (χ2v) is 4.41. The van der Waals surface area contributed by atoms with Gasteiger partial charge in [0, 0.05) is 11.3 Å². The number of carbonyl (C=O) groups is 2. The van der Waals surface area contributed by atoms with Crippen molar-refractivity contribution in [1.82, 2.24) is 15.1 Å². The third-order valence-corrected chi connectivity index (χ3v) is 3.04. The van der Waals surface area contributed by atoms with E-state index in [2.05, 4.69) is 10.4 Å². The monoisotopic (exact) mass is 289 g/mol. The van der Waals surface area contributed by atoms with Crippen molar-refractivity contribution < 1.29 is 23.5 Å². The first-order valence-corrected chi connectivity index (χ1v) is 6.12. The number of carbonyl (C=O) groups excluding carboxylic acids is 1. The average Bonchev–Trinajstić information content (AvgIpc) is 2.63. The van der Waals surface area contributed by atoms with E-state index in [-0.39, 0.29) is 18.5 Å². The van der Waals surface area contributed by atoms with Crippen molar-refractivity contribution >= 4 is 11.9 Å². The Labute approximate surface area is 114 Å². The van der Waals surface area contributed by atoms with Gasteiger partial charge in [-0.15, -0.1) is 0 Å². The maximum absolute atomic E-state index is 12.7. The van der Waals surface area contributed by atoms with Crippen LogP contribution < -0.4 is 5.32 Å². The van der Waals surface area contributed by atoms with E-state index in [9.17, 15) is 18.4 Å². The number of aromatic nitrogens is 2. The van der Waals surface area contributed by atoms with Crippen molar-refractivity contribution in [2.75, 3.05) is 0 Å². The molecule has 1 heterocycles. The molecule has 0 bridgehead atoms. The van der Waals surface area contributed by atoms with Crippen LogP contribution in [0.2, 0.25) is 0 Å². The number of halogens is 2. The topological polar surface area (TPSA) is 84.2 Å². The number of nitrogens with zero attached hydrogens (tertiary/aromatic N) is 2. The third-order valence-electron chi connectivity index (χ3n) is 3.04. The van der Waals surface area contributed by atoms with Gasteiger partial charge in [0.1, 0.15) is 6.04 Å². The lowest BCUT2D eigenvalue weighted by atomic mass is 10.1. The number of nitrogens with one attached hydrogen (secondary N) is 1. The van der Waals surface area contributed by atoms with E-state index in [1.165, 1.54) is 13.8 Å². The lowest BCUT2D eigenvalue weighted by Gasteiger charge is -2.12. The van der Waals surface area contributed by atoms with Crippen LogP contribution in [0, 0.1) is 13.8 Å². The van der Waals surface area contributed by atoms with E-state index >= 15 is 0 Å². The van der Waals surface area contributed by atoms with Gasteiger partial charge in [-0.2, -0.15) is 13.9 Å². The standard InChI is InChI=1S/C12H17F2N3O3/c1-4-9(11(19)20)15-10(18)5-8-6(2)16-17(7(8)3)12(13)14/h9,12H,4-5H2,1-3H3,(H,15,18)(H,19,20). The molecule has 2 N–H and O–H groups in total. The summed E-state index contributed by atoms with van der Waals surface area (Å²) in [7, 11) is 0. The van der Waals surface area contributed by atoms with Gasteiger partial charge < -0.3 is 10.4 Å². The second-order valence-electron chi connectivity index (χ2n) is 4.41. The lowest BCUT2D eigenvalue weighted by molar-refractivity contribution is -0.141. The maximum atomic E-state index is 12.7. The van der Waals surface area contributed by atoms with E-state index in [0.717, 1.165) is 0 Å². The number of hydrogen-bond acceptors (Lipinski definition) is 3. The van der Waals surface area contributed by atoms with E-state index in [4.69, 9.17) is 5.11 Å². The summed E-state index contributed by atoms with van der Waals surface area (Å²) in [6.07, 6.45) is 0.0729. The Morgan fingerprint density at radius 3 is 2.40 bits per heavy atom. The Balaban J connectivity index is 2.83. The van der Waals surface area contributed by atoms with Crippen molar-refractivity contribution in [3.8, 4) is 0 Å². The number of carboxylic acids is 1. The van der Waals surface area contributed by atoms with Gasteiger partial charge in [-0.3, -0.25) is 4.79 Å². The molecule has 1 amide bonds. The van der Waals surface area contributed by atoms with Crippen LogP contribution in [0.1, 0.15) is 36.8 Å². The Morgan fingerprint density at radius 1 is 1.40 bits per heavy atom. The maximum Gasteiger partial charge on any atom is 0.333 e. The molecule has 0 saturated carbocycles.